The van der Waals surface area contributed by atoms with Gasteiger partial charge in [-0.25, -0.2) is 4.99 Å². The summed E-state index contributed by atoms with van der Waals surface area (Å²) in [6.07, 6.45) is 1.68. The molecule has 0 radical (unpaired) electrons. The Bertz CT molecular complexity index is 843. The van der Waals surface area contributed by atoms with Gasteiger partial charge in [0.05, 0.1) is 4.91 Å². The van der Waals surface area contributed by atoms with E-state index in [9.17, 15) is 15.0 Å². The van der Waals surface area contributed by atoms with E-state index in [4.69, 9.17) is 0 Å². The lowest BCUT2D eigenvalue weighted by Gasteiger charge is -2.01. The molecule has 0 atom stereocenters. The maximum absolute atomic E-state index is 12.0. The van der Waals surface area contributed by atoms with Gasteiger partial charge < -0.3 is 15.5 Å². The fourth-order valence-corrected chi connectivity index (χ4v) is 2.91. The number of aromatic hydroxyl groups is 2. The van der Waals surface area contributed by atoms with Crippen LogP contribution in [-0.4, -0.2) is 21.3 Å². The number of thioether (sulfide) groups is 1. The first-order valence-electron chi connectivity index (χ1n) is 6.89. The van der Waals surface area contributed by atoms with Gasteiger partial charge in [-0.1, -0.05) is 18.2 Å². The van der Waals surface area contributed by atoms with Crippen molar-refractivity contribution in [3.63, 3.8) is 0 Å². The molecule has 0 spiro atoms. The molecule has 2 aromatic carbocycles. The number of hydrogen-bond acceptors (Lipinski definition) is 5. The molecule has 6 heteroatoms. The van der Waals surface area contributed by atoms with Crippen LogP contribution in [0.25, 0.3) is 6.08 Å². The van der Waals surface area contributed by atoms with Gasteiger partial charge in [-0.05, 0) is 60.2 Å². The normalized spacial score (nSPS) is 17.7. The number of nitrogens with zero attached hydrogens (tertiary/aromatic N) is 1. The molecule has 1 saturated heterocycles. The molecule has 0 saturated carbocycles. The van der Waals surface area contributed by atoms with Gasteiger partial charge in [0.15, 0.2) is 5.17 Å². The number of benzene rings is 2. The average molecular weight is 326 g/mol. The van der Waals surface area contributed by atoms with Crippen molar-refractivity contribution in [3.05, 3.63) is 58.5 Å². The van der Waals surface area contributed by atoms with Gasteiger partial charge >= 0.3 is 0 Å². The second-order valence-corrected chi connectivity index (χ2v) is 6.10. The van der Waals surface area contributed by atoms with Gasteiger partial charge in [0, 0.05) is 0 Å². The lowest BCUT2D eigenvalue weighted by molar-refractivity contribution is -0.115. The summed E-state index contributed by atoms with van der Waals surface area (Å²) < 4.78 is 0. The highest BCUT2D eigenvalue weighted by Gasteiger charge is 2.24. The fourth-order valence-electron chi connectivity index (χ4n) is 2.08. The van der Waals surface area contributed by atoms with Crippen LogP contribution < -0.4 is 5.32 Å². The number of nitrogens with one attached hydrogen (secondary N) is 1. The van der Waals surface area contributed by atoms with E-state index in [-0.39, 0.29) is 17.4 Å². The Morgan fingerprint density at radius 1 is 1.17 bits per heavy atom. The van der Waals surface area contributed by atoms with E-state index >= 15 is 0 Å². The van der Waals surface area contributed by atoms with Crippen molar-refractivity contribution < 1.29 is 15.0 Å². The standard InChI is InChI=1S/C17H14N2O3S/c1-10-5-6-14(21)13(7-10)18-17-19-16(22)15(23-17)9-11-3-2-4-12(20)8-11/h2-9,20-21H,1H3,(H,18,19,22)/b15-9-. The first kappa shape index (κ1) is 15.2. The number of rotatable bonds is 2. The number of amides is 1. The summed E-state index contributed by atoms with van der Waals surface area (Å²) in [5.41, 5.74) is 2.10. The molecule has 116 valence electrons. The molecule has 5 nitrogen and oxygen atoms in total. The summed E-state index contributed by atoms with van der Waals surface area (Å²) >= 11 is 1.19. The highest BCUT2D eigenvalue weighted by molar-refractivity contribution is 8.18. The number of carbonyl (C=O) groups is 1. The third-order valence-electron chi connectivity index (χ3n) is 3.17. The molecule has 1 aliphatic rings. The highest BCUT2D eigenvalue weighted by atomic mass is 32.2. The SMILES string of the molecule is Cc1ccc(O)c(N=C2NC(=O)/C(=C/c3cccc(O)c3)S2)c1. The number of phenolic OH excluding ortho intramolecular Hbond substituents is 2. The molecule has 23 heavy (non-hydrogen) atoms. The van der Waals surface area contributed by atoms with Crippen LogP contribution >= 0.6 is 11.8 Å². The van der Waals surface area contributed by atoms with E-state index in [2.05, 4.69) is 10.3 Å². The van der Waals surface area contributed by atoms with Crippen LogP contribution in [0.5, 0.6) is 11.5 Å². The van der Waals surface area contributed by atoms with Crippen LogP contribution in [0.3, 0.4) is 0 Å². The Morgan fingerprint density at radius 3 is 2.78 bits per heavy atom. The molecule has 1 amide bonds. The smallest absolute Gasteiger partial charge is 0.264 e. The van der Waals surface area contributed by atoms with Crippen molar-refractivity contribution in [2.75, 3.05) is 0 Å². The molecule has 1 aliphatic heterocycles. The Labute approximate surface area is 137 Å². The van der Waals surface area contributed by atoms with Gasteiger partial charge in [-0.2, -0.15) is 0 Å². The second kappa shape index (κ2) is 6.18. The van der Waals surface area contributed by atoms with Gasteiger partial charge in [0.2, 0.25) is 0 Å². The van der Waals surface area contributed by atoms with Gasteiger partial charge in [-0.3, -0.25) is 4.79 Å². The molecule has 3 N–H and O–H groups in total. The number of aryl methyl sites for hydroxylation is 1. The second-order valence-electron chi connectivity index (χ2n) is 5.07. The van der Waals surface area contributed by atoms with Crippen LogP contribution in [0.1, 0.15) is 11.1 Å². The molecular weight excluding hydrogens is 312 g/mol. The van der Waals surface area contributed by atoms with Crippen molar-refractivity contribution >= 4 is 34.6 Å². The Morgan fingerprint density at radius 2 is 2.00 bits per heavy atom. The van der Waals surface area contributed by atoms with E-state index < -0.39 is 0 Å². The van der Waals surface area contributed by atoms with E-state index in [1.807, 2.05) is 6.92 Å². The largest absolute Gasteiger partial charge is 0.508 e. The number of amidine groups is 1. The Balaban J connectivity index is 1.87. The molecule has 0 aromatic heterocycles. The first-order chi connectivity index (χ1) is 11.0. The average Bonchev–Trinajstić information content (AvgIpc) is 2.83. The predicted molar refractivity (Wildman–Crippen MR) is 91.8 cm³/mol. The van der Waals surface area contributed by atoms with E-state index in [0.717, 1.165) is 11.1 Å². The Kier molecular flexibility index (Phi) is 4.08. The summed E-state index contributed by atoms with van der Waals surface area (Å²) in [6, 6.07) is 11.7. The fraction of sp³-hybridized carbons (Fsp3) is 0.0588. The monoisotopic (exact) mass is 326 g/mol. The molecule has 1 heterocycles. The molecule has 0 unspecified atom stereocenters. The zero-order valence-corrected chi connectivity index (χ0v) is 13.1. The van der Waals surface area contributed by atoms with Crippen LogP contribution in [0.4, 0.5) is 5.69 Å². The van der Waals surface area contributed by atoms with E-state index in [1.54, 1.807) is 48.5 Å². The molecule has 0 bridgehead atoms. The van der Waals surface area contributed by atoms with Gasteiger partial charge in [0.1, 0.15) is 17.2 Å². The third kappa shape index (κ3) is 3.54. The first-order valence-corrected chi connectivity index (χ1v) is 7.71. The Hall–Kier alpha value is -2.73. The number of carbonyl (C=O) groups excluding carboxylic acids is 1. The zero-order valence-electron chi connectivity index (χ0n) is 12.3. The third-order valence-corrected chi connectivity index (χ3v) is 4.08. The molecule has 0 aliphatic carbocycles. The number of hydrogen-bond donors (Lipinski definition) is 3. The van der Waals surface area contributed by atoms with E-state index in [1.165, 1.54) is 11.8 Å². The summed E-state index contributed by atoms with van der Waals surface area (Å²) in [5, 5.41) is 22.4. The maximum Gasteiger partial charge on any atom is 0.264 e. The minimum Gasteiger partial charge on any atom is -0.508 e. The van der Waals surface area contributed by atoms with E-state index in [0.29, 0.717) is 15.8 Å². The molecule has 3 rings (SSSR count). The van der Waals surface area contributed by atoms with Gasteiger partial charge in [0.25, 0.3) is 5.91 Å². The summed E-state index contributed by atoms with van der Waals surface area (Å²) in [5.74, 6) is -0.0612. The molecular formula is C17H14N2O3S. The highest BCUT2D eigenvalue weighted by Crippen LogP contribution is 2.32. The van der Waals surface area contributed by atoms with Crippen LogP contribution in [0.15, 0.2) is 52.4 Å². The van der Waals surface area contributed by atoms with Crippen LogP contribution in [-0.2, 0) is 4.79 Å². The minimum absolute atomic E-state index is 0.0587. The summed E-state index contributed by atoms with van der Waals surface area (Å²) in [6.45, 7) is 1.90. The number of phenols is 2. The summed E-state index contributed by atoms with van der Waals surface area (Å²) in [7, 11) is 0. The van der Waals surface area contributed by atoms with Crippen molar-refractivity contribution in [1.82, 2.24) is 5.32 Å². The number of aliphatic imine (C=N–C) groups is 1. The van der Waals surface area contributed by atoms with Crippen molar-refractivity contribution in [1.29, 1.82) is 0 Å². The maximum atomic E-state index is 12.0. The van der Waals surface area contributed by atoms with Gasteiger partial charge in [-0.15, -0.1) is 0 Å². The minimum atomic E-state index is -0.260. The molecule has 1 fully saturated rings. The lowest BCUT2D eigenvalue weighted by Crippen LogP contribution is -2.19. The quantitative estimate of drug-likeness (QED) is 0.740. The topological polar surface area (TPSA) is 81.9 Å². The van der Waals surface area contributed by atoms with Crippen molar-refractivity contribution in [2.24, 2.45) is 4.99 Å². The van der Waals surface area contributed by atoms with Crippen molar-refractivity contribution in [2.45, 2.75) is 6.92 Å². The summed E-state index contributed by atoms with van der Waals surface area (Å²) in [4.78, 5) is 16.8. The molecule has 2 aromatic rings. The van der Waals surface area contributed by atoms with Crippen LogP contribution in [0, 0.1) is 6.92 Å². The van der Waals surface area contributed by atoms with Crippen LogP contribution in [0.2, 0.25) is 0 Å². The zero-order chi connectivity index (χ0) is 16.4. The van der Waals surface area contributed by atoms with Crippen molar-refractivity contribution in [3.8, 4) is 11.5 Å². The lowest BCUT2D eigenvalue weighted by atomic mass is 10.2. The predicted octanol–water partition coefficient (Wildman–Crippen LogP) is 3.30.